The van der Waals surface area contributed by atoms with Crippen LogP contribution in [0, 0.1) is 5.82 Å². The van der Waals surface area contributed by atoms with Gasteiger partial charge in [-0.3, -0.25) is 0 Å². The Bertz CT molecular complexity index is 1030. The molecule has 1 aromatic heterocycles. The number of urea groups is 1. The lowest BCUT2D eigenvalue weighted by atomic mass is 9.99. The summed E-state index contributed by atoms with van der Waals surface area (Å²) in [6.07, 6.45) is 1.95. The van der Waals surface area contributed by atoms with Crippen LogP contribution in [0.2, 0.25) is 0 Å². The number of hydrogen-bond donors (Lipinski definition) is 1. The number of fused-ring (bicyclic) bond motifs is 1. The van der Waals surface area contributed by atoms with Gasteiger partial charge in [-0.15, -0.1) is 0 Å². The number of rotatable bonds is 4. The molecule has 29 heavy (non-hydrogen) atoms. The zero-order valence-corrected chi connectivity index (χ0v) is 16.3. The number of methoxy groups -OCH3 is 2. The molecule has 2 aromatic carbocycles. The highest BCUT2D eigenvalue weighted by molar-refractivity contribution is 5.90. The van der Waals surface area contributed by atoms with Crippen molar-refractivity contribution in [1.82, 2.24) is 9.47 Å². The number of aromatic nitrogens is 1. The van der Waals surface area contributed by atoms with Crippen LogP contribution in [0.15, 0.2) is 60.8 Å². The van der Waals surface area contributed by atoms with Gasteiger partial charge in [0.25, 0.3) is 0 Å². The molecule has 3 aromatic rings. The maximum Gasteiger partial charge on any atom is 0.322 e. The number of anilines is 1. The molecule has 1 aliphatic rings. The van der Waals surface area contributed by atoms with E-state index in [9.17, 15) is 9.18 Å². The molecule has 0 unspecified atom stereocenters. The molecule has 1 aliphatic heterocycles. The van der Waals surface area contributed by atoms with Gasteiger partial charge in [0.05, 0.1) is 14.2 Å². The van der Waals surface area contributed by atoms with Crippen molar-refractivity contribution in [2.45, 2.75) is 12.6 Å². The van der Waals surface area contributed by atoms with Gasteiger partial charge in [-0.05, 0) is 30.3 Å². The zero-order valence-electron chi connectivity index (χ0n) is 16.3. The molecule has 0 aliphatic carbocycles. The van der Waals surface area contributed by atoms with Crippen molar-refractivity contribution in [2.75, 3.05) is 26.1 Å². The average molecular weight is 395 g/mol. The zero-order chi connectivity index (χ0) is 20.4. The number of carbonyl (C=O) groups excluding carboxylic acids is 1. The largest absolute Gasteiger partial charge is 0.493 e. The predicted octanol–water partition coefficient (Wildman–Crippen LogP) is 4.28. The van der Waals surface area contributed by atoms with Crippen molar-refractivity contribution in [2.24, 2.45) is 0 Å². The highest BCUT2D eigenvalue weighted by atomic mass is 19.1. The summed E-state index contributed by atoms with van der Waals surface area (Å²) < 4.78 is 27.2. The van der Waals surface area contributed by atoms with Crippen molar-refractivity contribution < 1.29 is 18.7 Å². The summed E-state index contributed by atoms with van der Waals surface area (Å²) in [6, 6.07) is 14.8. The van der Waals surface area contributed by atoms with E-state index in [-0.39, 0.29) is 11.8 Å². The molecule has 0 saturated carbocycles. The number of halogens is 1. The molecule has 0 radical (unpaired) electrons. The van der Waals surface area contributed by atoms with Gasteiger partial charge in [-0.25, -0.2) is 9.18 Å². The third kappa shape index (κ3) is 3.51. The number of ether oxygens (including phenoxy) is 2. The molecule has 0 bridgehead atoms. The van der Waals surface area contributed by atoms with Crippen molar-refractivity contribution in [1.29, 1.82) is 0 Å². The van der Waals surface area contributed by atoms with Crippen LogP contribution >= 0.6 is 0 Å². The Morgan fingerprint density at radius 2 is 1.83 bits per heavy atom. The summed E-state index contributed by atoms with van der Waals surface area (Å²) in [5.74, 6) is 0.755. The predicted molar refractivity (Wildman–Crippen MR) is 108 cm³/mol. The van der Waals surface area contributed by atoms with Crippen LogP contribution in [-0.4, -0.2) is 36.3 Å². The summed E-state index contributed by atoms with van der Waals surface area (Å²) in [5, 5.41) is 2.90. The van der Waals surface area contributed by atoms with Gasteiger partial charge < -0.3 is 24.3 Å². The van der Waals surface area contributed by atoms with Gasteiger partial charge in [-0.2, -0.15) is 0 Å². The monoisotopic (exact) mass is 395 g/mol. The summed E-state index contributed by atoms with van der Waals surface area (Å²) in [4.78, 5) is 14.8. The standard InChI is InChI=1S/C22H22FN3O3/c1-28-19-10-9-15(14-20(19)29-2)24-22(27)26-13-12-25-11-5-8-18(25)21(26)16-6-3-4-7-17(16)23/h3-11,14,21H,12-13H2,1-2H3,(H,24,27)/t21-/m0/s1. The minimum atomic E-state index is -0.514. The van der Waals surface area contributed by atoms with E-state index in [1.54, 1.807) is 48.4 Å². The molecule has 7 heteroatoms. The van der Waals surface area contributed by atoms with Crippen LogP contribution in [0.3, 0.4) is 0 Å². The molecule has 1 N–H and O–H groups in total. The highest BCUT2D eigenvalue weighted by Crippen LogP contribution is 2.35. The number of nitrogens with one attached hydrogen (secondary N) is 1. The maximum absolute atomic E-state index is 14.6. The number of amides is 2. The third-order valence-corrected chi connectivity index (χ3v) is 5.13. The van der Waals surface area contributed by atoms with Gasteiger partial charge in [-0.1, -0.05) is 18.2 Å². The van der Waals surface area contributed by atoms with Gasteiger partial charge in [0.15, 0.2) is 11.5 Å². The molecule has 0 saturated heterocycles. The van der Waals surface area contributed by atoms with Gasteiger partial charge in [0.2, 0.25) is 0 Å². The lowest BCUT2D eigenvalue weighted by Crippen LogP contribution is -2.44. The van der Waals surface area contributed by atoms with Crippen molar-refractivity contribution in [3.8, 4) is 11.5 Å². The van der Waals surface area contributed by atoms with Crippen LogP contribution in [0.25, 0.3) is 0 Å². The van der Waals surface area contributed by atoms with E-state index in [2.05, 4.69) is 9.88 Å². The van der Waals surface area contributed by atoms with Crippen molar-refractivity contribution >= 4 is 11.7 Å². The Morgan fingerprint density at radius 1 is 1.03 bits per heavy atom. The molecular formula is C22H22FN3O3. The number of hydrogen-bond acceptors (Lipinski definition) is 3. The fourth-order valence-electron chi connectivity index (χ4n) is 3.74. The van der Waals surface area contributed by atoms with Crippen LogP contribution in [0.1, 0.15) is 17.3 Å². The normalized spacial score (nSPS) is 15.6. The van der Waals surface area contributed by atoms with Crippen LogP contribution < -0.4 is 14.8 Å². The summed E-state index contributed by atoms with van der Waals surface area (Å²) >= 11 is 0. The van der Waals surface area contributed by atoms with Crippen LogP contribution in [-0.2, 0) is 6.54 Å². The highest BCUT2D eigenvalue weighted by Gasteiger charge is 2.33. The second-order valence-electron chi connectivity index (χ2n) is 6.74. The van der Waals surface area contributed by atoms with Crippen molar-refractivity contribution in [3.05, 3.63) is 77.9 Å². The summed E-state index contributed by atoms with van der Waals surface area (Å²) in [7, 11) is 3.09. The van der Waals surface area contributed by atoms with Crippen LogP contribution in [0.4, 0.5) is 14.9 Å². The Morgan fingerprint density at radius 3 is 2.59 bits per heavy atom. The molecule has 1 atom stereocenters. The summed E-state index contributed by atoms with van der Waals surface area (Å²) in [5.41, 5.74) is 1.92. The second-order valence-corrected chi connectivity index (χ2v) is 6.74. The molecule has 2 amide bonds. The molecule has 0 spiro atoms. The topological polar surface area (TPSA) is 55.7 Å². The Balaban J connectivity index is 1.66. The molecule has 2 heterocycles. The Hall–Kier alpha value is -3.48. The Kier molecular flexibility index (Phi) is 5.12. The fraction of sp³-hybridized carbons (Fsp3) is 0.227. The van der Waals surface area contributed by atoms with Crippen LogP contribution in [0.5, 0.6) is 11.5 Å². The molecule has 150 valence electrons. The van der Waals surface area contributed by atoms with Gasteiger partial charge in [0, 0.05) is 42.3 Å². The first-order chi connectivity index (χ1) is 14.1. The first-order valence-corrected chi connectivity index (χ1v) is 9.31. The molecule has 0 fully saturated rings. The SMILES string of the molecule is COc1ccc(NC(=O)N2CCn3cccc3[C@@H]2c2ccccc2F)cc1OC. The Labute approximate surface area is 168 Å². The molecule has 4 rings (SSSR count). The average Bonchev–Trinajstić information content (AvgIpc) is 3.22. The second kappa shape index (κ2) is 7.87. The van der Waals surface area contributed by atoms with E-state index in [0.717, 1.165) is 5.69 Å². The van der Waals surface area contributed by atoms with E-state index < -0.39 is 6.04 Å². The first-order valence-electron chi connectivity index (χ1n) is 9.31. The number of nitrogens with zero attached hydrogens (tertiary/aromatic N) is 2. The van der Waals surface area contributed by atoms with Gasteiger partial charge in [0.1, 0.15) is 11.9 Å². The minimum Gasteiger partial charge on any atom is -0.493 e. The molecule has 6 nitrogen and oxygen atoms in total. The quantitative estimate of drug-likeness (QED) is 0.717. The first kappa shape index (κ1) is 18.9. The smallest absolute Gasteiger partial charge is 0.322 e. The maximum atomic E-state index is 14.6. The van der Waals surface area contributed by atoms with Gasteiger partial charge >= 0.3 is 6.03 Å². The lowest BCUT2D eigenvalue weighted by Gasteiger charge is -2.37. The lowest BCUT2D eigenvalue weighted by molar-refractivity contribution is 0.180. The van der Waals surface area contributed by atoms with E-state index in [4.69, 9.17) is 9.47 Å². The van der Waals surface area contributed by atoms with E-state index >= 15 is 0 Å². The number of carbonyl (C=O) groups is 1. The fourth-order valence-corrected chi connectivity index (χ4v) is 3.74. The van der Waals surface area contributed by atoms with E-state index in [1.165, 1.54) is 13.2 Å². The van der Waals surface area contributed by atoms with E-state index in [0.29, 0.717) is 35.8 Å². The third-order valence-electron chi connectivity index (χ3n) is 5.13. The summed E-state index contributed by atoms with van der Waals surface area (Å²) in [6.45, 7) is 1.10. The van der Waals surface area contributed by atoms with E-state index in [1.807, 2.05) is 18.3 Å². The number of benzene rings is 2. The minimum absolute atomic E-state index is 0.307. The molecular weight excluding hydrogens is 373 g/mol. The van der Waals surface area contributed by atoms with Crippen molar-refractivity contribution in [3.63, 3.8) is 0 Å².